The molecule has 0 radical (unpaired) electrons. The van der Waals surface area contributed by atoms with Gasteiger partial charge in [0.1, 0.15) is 0 Å². The van der Waals surface area contributed by atoms with Crippen molar-refractivity contribution in [2.75, 3.05) is 45.3 Å². The average Bonchev–Trinajstić information content (AvgIpc) is 2.98. The molecule has 1 aromatic heterocycles. The second-order valence-electron chi connectivity index (χ2n) is 4.84. The Morgan fingerprint density at radius 1 is 1.11 bits per heavy atom. The first-order valence-corrected chi connectivity index (χ1v) is 6.23. The summed E-state index contributed by atoms with van der Waals surface area (Å²) in [6, 6.07) is 1.70. The third kappa shape index (κ3) is 1.96. The van der Waals surface area contributed by atoms with Crippen LogP contribution in [-0.2, 0) is 0 Å². The van der Waals surface area contributed by atoms with Gasteiger partial charge in [0.25, 0.3) is 0 Å². The molecule has 1 aromatic rings. The maximum Gasteiger partial charge on any atom is 0.231 e. The fourth-order valence-corrected chi connectivity index (χ4v) is 2.76. The van der Waals surface area contributed by atoms with Gasteiger partial charge in [-0.3, -0.25) is 0 Å². The second kappa shape index (κ2) is 4.61. The van der Waals surface area contributed by atoms with E-state index in [0.29, 0.717) is 29.5 Å². The first kappa shape index (κ1) is 11.5. The average molecular weight is 250 g/mol. The van der Waals surface area contributed by atoms with Gasteiger partial charge in [-0.1, -0.05) is 0 Å². The Hall–Kier alpha value is -1.56. The quantitative estimate of drug-likeness (QED) is 0.824. The highest BCUT2D eigenvalue weighted by Crippen LogP contribution is 2.30. The molecule has 2 fully saturated rings. The summed E-state index contributed by atoms with van der Waals surface area (Å²) < 4.78 is 10.4. The molecule has 6 heteroatoms. The van der Waals surface area contributed by atoms with Crippen LogP contribution in [0, 0.1) is 11.8 Å². The normalized spacial score (nSPS) is 26.2. The van der Waals surface area contributed by atoms with E-state index in [2.05, 4.69) is 20.2 Å². The number of anilines is 1. The number of fused-ring (bicyclic) bond motifs is 1. The number of rotatable bonds is 3. The molecule has 6 nitrogen and oxygen atoms in total. The highest BCUT2D eigenvalue weighted by Gasteiger charge is 2.37. The fraction of sp³-hybridized carbons (Fsp3) is 0.667. The minimum atomic E-state index is 0.548. The summed E-state index contributed by atoms with van der Waals surface area (Å²) in [5, 5.41) is 3.42. The van der Waals surface area contributed by atoms with Crippen LogP contribution in [0.15, 0.2) is 6.07 Å². The van der Waals surface area contributed by atoms with Crippen molar-refractivity contribution in [3.63, 3.8) is 0 Å². The van der Waals surface area contributed by atoms with Crippen molar-refractivity contribution < 1.29 is 9.47 Å². The van der Waals surface area contributed by atoms with Crippen LogP contribution in [0.4, 0.5) is 5.95 Å². The molecule has 1 N–H and O–H groups in total. The summed E-state index contributed by atoms with van der Waals surface area (Å²) in [7, 11) is 3.21. The first-order chi connectivity index (χ1) is 8.80. The number of hydrogen-bond acceptors (Lipinski definition) is 6. The molecule has 2 aliphatic rings. The lowest BCUT2D eigenvalue weighted by Gasteiger charge is -2.18. The zero-order chi connectivity index (χ0) is 12.5. The van der Waals surface area contributed by atoms with Crippen molar-refractivity contribution >= 4 is 5.95 Å². The number of ether oxygens (including phenoxy) is 2. The van der Waals surface area contributed by atoms with Crippen LogP contribution < -0.4 is 19.7 Å². The van der Waals surface area contributed by atoms with Crippen LogP contribution >= 0.6 is 0 Å². The van der Waals surface area contributed by atoms with Gasteiger partial charge in [-0.25, -0.2) is 0 Å². The maximum absolute atomic E-state index is 5.18. The topological polar surface area (TPSA) is 59.5 Å². The van der Waals surface area contributed by atoms with Crippen molar-refractivity contribution in [1.82, 2.24) is 15.3 Å². The van der Waals surface area contributed by atoms with Gasteiger partial charge in [0.05, 0.1) is 20.3 Å². The van der Waals surface area contributed by atoms with E-state index < -0.39 is 0 Å². The molecule has 0 amide bonds. The van der Waals surface area contributed by atoms with Crippen molar-refractivity contribution in [3.05, 3.63) is 6.07 Å². The van der Waals surface area contributed by atoms with Crippen molar-refractivity contribution in [2.24, 2.45) is 11.8 Å². The zero-order valence-electron chi connectivity index (χ0n) is 10.7. The van der Waals surface area contributed by atoms with Crippen LogP contribution in [0.25, 0.3) is 0 Å². The Kier molecular flexibility index (Phi) is 2.95. The monoisotopic (exact) mass is 250 g/mol. The predicted molar refractivity (Wildman–Crippen MR) is 67.2 cm³/mol. The van der Waals surface area contributed by atoms with Gasteiger partial charge in [0.15, 0.2) is 0 Å². The maximum atomic E-state index is 5.18. The van der Waals surface area contributed by atoms with Gasteiger partial charge < -0.3 is 19.7 Å². The van der Waals surface area contributed by atoms with E-state index in [1.165, 1.54) is 0 Å². The summed E-state index contributed by atoms with van der Waals surface area (Å²) in [4.78, 5) is 11.0. The van der Waals surface area contributed by atoms with Crippen molar-refractivity contribution in [3.8, 4) is 11.8 Å². The number of hydrogen-bond donors (Lipinski definition) is 1. The lowest BCUT2D eigenvalue weighted by atomic mass is 10.0. The molecule has 3 rings (SSSR count). The predicted octanol–water partition coefficient (Wildman–Crippen LogP) is 0.149. The Morgan fingerprint density at radius 2 is 1.67 bits per heavy atom. The summed E-state index contributed by atoms with van der Waals surface area (Å²) in [6.45, 7) is 4.21. The van der Waals surface area contributed by atoms with Crippen molar-refractivity contribution in [1.29, 1.82) is 0 Å². The number of aromatic nitrogens is 2. The first-order valence-electron chi connectivity index (χ1n) is 6.23. The van der Waals surface area contributed by atoms with Crippen LogP contribution in [0.2, 0.25) is 0 Å². The van der Waals surface area contributed by atoms with E-state index in [0.717, 1.165) is 26.2 Å². The molecule has 98 valence electrons. The number of nitrogens with zero attached hydrogens (tertiary/aromatic N) is 3. The molecule has 0 bridgehead atoms. The van der Waals surface area contributed by atoms with Gasteiger partial charge in [-0.15, -0.1) is 0 Å². The number of methoxy groups -OCH3 is 2. The third-order valence-corrected chi connectivity index (χ3v) is 3.76. The van der Waals surface area contributed by atoms with Crippen LogP contribution in [0.3, 0.4) is 0 Å². The molecular formula is C12H18N4O2. The summed E-state index contributed by atoms with van der Waals surface area (Å²) in [5.74, 6) is 3.23. The SMILES string of the molecule is COc1cc(OC)nc(N2C[C@H]3CNC[C@H]3C2)n1. The minimum Gasteiger partial charge on any atom is -0.481 e. The Balaban J connectivity index is 1.83. The molecule has 0 aromatic carbocycles. The van der Waals surface area contributed by atoms with Gasteiger partial charge in [0, 0.05) is 26.2 Å². The third-order valence-electron chi connectivity index (χ3n) is 3.76. The highest BCUT2D eigenvalue weighted by molar-refractivity contribution is 5.38. The van der Waals surface area contributed by atoms with E-state index in [-0.39, 0.29) is 0 Å². The fourth-order valence-electron chi connectivity index (χ4n) is 2.76. The summed E-state index contributed by atoms with van der Waals surface area (Å²) in [6.07, 6.45) is 0. The van der Waals surface area contributed by atoms with E-state index in [9.17, 15) is 0 Å². The smallest absolute Gasteiger partial charge is 0.231 e. The molecule has 0 saturated carbocycles. The molecule has 3 heterocycles. The molecule has 2 atom stereocenters. The Morgan fingerprint density at radius 3 is 2.17 bits per heavy atom. The lowest BCUT2D eigenvalue weighted by Crippen LogP contribution is -2.27. The van der Waals surface area contributed by atoms with E-state index in [1.807, 2.05) is 0 Å². The van der Waals surface area contributed by atoms with Gasteiger partial charge in [0.2, 0.25) is 17.7 Å². The van der Waals surface area contributed by atoms with Crippen LogP contribution in [-0.4, -0.2) is 50.4 Å². The molecular weight excluding hydrogens is 232 g/mol. The molecule has 2 saturated heterocycles. The lowest BCUT2D eigenvalue weighted by molar-refractivity contribution is 0.371. The second-order valence-corrected chi connectivity index (χ2v) is 4.84. The van der Waals surface area contributed by atoms with Crippen LogP contribution in [0.5, 0.6) is 11.8 Å². The van der Waals surface area contributed by atoms with E-state index in [4.69, 9.17) is 9.47 Å². The minimum absolute atomic E-state index is 0.548. The molecule has 0 aliphatic carbocycles. The largest absolute Gasteiger partial charge is 0.481 e. The molecule has 2 aliphatic heterocycles. The molecule has 18 heavy (non-hydrogen) atoms. The van der Waals surface area contributed by atoms with E-state index >= 15 is 0 Å². The van der Waals surface area contributed by atoms with E-state index in [1.54, 1.807) is 20.3 Å². The van der Waals surface area contributed by atoms with Gasteiger partial charge in [-0.2, -0.15) is 9.97 Å². The standard InChI is InChI=1S/C12H18N4O2/c1-17-10-3-11(18-2)15-12(14-10)16-6-8-4-13-5-9(8)7-16/h3,8-9,13H,4-7H2,1-2H3/t8-,9+. The number of nitrogens with one attached hydrogen (secondary N) is 1. The highest BCUT2D eigenvalue weighted by atomic mass is 16.5. The Bertz CT molecular complexity index is 406. The van der Waals surface area contributed by atoms with Crippen LogP contribution in [0.1, 0.15) is 0 Å². The zero-order valence-corrected chi connectivity index (χ0v) is 10.7. The van der Waals surface area contributed by atoms with Gasteiger partial charge >= 0.3 is 0 Å². The van der Waals surface area contributed by atoms with Crippen molar-refractivity contribution in [2.45, 2.75) is 0 Å². The van der Waals surface area contributed by atoms with Gasteiger partial charge in [-0.05, 0) is 11.8 Å². The molecule has 0 unspecified atom stereocenters. The summed E-state index contributed by atoms with van der Waals surface area (Å²) in [5.41, 5.74) is 0. The Labute approximate surface area is 106 Å². The summed E-state index contributed by atoms with van der Waals surface area (Å²) >= 11 is 0. The molecule has 0 spiro atoms.